The van der Waals surface area contributed by atoms with Gasteiger partial charge in [0, 0.05) is 26.5 Å². The summed E-state index contributed by atoms with van der Waals surface area (Å²) in [6, 6.07) is 0.500. The number of carbonyl (C=O) groups excluding carboxylic acids is 2. The average Bonchev–Trinajstić information content (AvgIpc) is 2.67. The van der Waals surface area contributed by atoms with Gasteiger partial charge in [-0.2, -0.15) is 0 Å². The van der Waals surface area contributed by atoms with Gasteiger partial charge in [0.1, 0.15) is 0 Å². The molecule has 0 aromatic rings. The van der Waals surface area contributed by atoms with E-state index < -0.39 is 17.4 Å². The van der Waals surface area contributed by atoms with Crippen LogP contribution in [-0.2, 0) is 30.7 Å². The number of hydrogen-bond acceptors (Lipinski definition) is 5. The fourth-order valence-electron chi connectivity index (χ4n) is 1.91. The molecule has 1 heterocycles. The van der Waals surface area contributed by atoms with Crippen LogP contribution in [0.1, 0.15) is 32.1 Å². The Morgan fingerprint density at radius 3 is 1.89 bits per heavy atom. The Balaban J connectivity index is 0.000000321. The number of nitrogens with zero attached hydrogens (tertiary/aromatic N) is 1. The molecule has 1 saturated carbocycles. The largest absolute Gasteiger partial charge is 0.658 e. The molecular weight excluding hydrogens is 419 g/mol. The number of aliphatic carboxylic acids is 2. The molecule has 7 heteroatoms. The molecule has 0 bridgehead atoms. The Morgan fingerprint density at radius 1 is 1.22 bits per heavy atom. The molecular formula is C11H17N2O4Pt-3. The fourth-order valence-corrected chi connectivity index (χ4v) is 1.91. The molecule has 1 atom stereocenters. The van der Waals surface area contributed by atoms with Crippen LogP contribution in [0.15, 0.2) is 0 Å². The third-order valence-corrected chi connectivity index (χ3v) is 3.34. The van der Waals surface area contributed by atoms with E-state index in [0.29, 0.717) is 12.5 Å². The van der Waals surface area contributed by atoms with Crippen LogP contribution in [-0.4, -0.2) is 31.1 Å². The van der Waals surface area contributed by atoms with E-state index in [0.717, 1.165) is 13.1 Å². The first-order chi connectivity index (χ1) is 8.03. The van der Waals surface area contributed by atoms with Crippen LogP contribution in [0.2, 0.25) is 0 Å². The van der Waals surface area contributed by atoms with E-state index in [1.165, 1.54) is 12.8 Å². The summed E-state index contributed by atoms with van der Waals surface area (Å²) in [5.74, 6) is -3.03. The maximum Gasteiger partial charge on any atom is 0.0532 e. The van der Waals surface area contributed by atoms with Gasteiger partial charge in [0.05, 0.1) is 11.9 Å². The van der Waals surface area contributed by atoms with Crippen molar-refractivity contribution >= 4 is 11.9 Å². The van der Waals surface area contributed by atoms with Gasteiger partial charge in [0.2, 0.25) is 0 Å². The Morgan fingerprint density at radius 2 is 1.78 bits per heavy atom. The summed E-state index contributed by atoms with van der Waals surface area (Å²) in [4.78, 5) is 20.4. The van der Waals surface area contributed by atoms with Gasteiger partial charge in [-0.3, -0.25) is 0 Å². The Hall–Kier alpha value is -0.452. The molecule has 2 fully saturated rings. The van der Waals surface area contributed by atoms with Crippen LogP contribution in [0.5, 0.6) is 0 Å². The molecule has 0 aromatic carbocycles. The van der Waals surface area contributed by atoms with Gasteiger partial charge in [-0.25, -0.2) is 0 Å². The van der Waals surface area contributed by atoms with Crippen molar-refractivity contribution < 1.29 is 40.9 Å². The molecule has 1 aliphatic heterocycles. The summed E-state index contributed by atoms with van der Waals surface area (Å²) in [5.41, 5.74) is 3.67. The first-order valence-corrected chi connectivity index (χ1v) is 5.82. The van der Waals surface area contributed by atoms with Gasteiger partial charge in [-0.05, 0) is 19.4 Å². The molecule has 2 aliphatic rings. The predicted octanol–water partition coefficient (Wildman–Crippen LogP) is -1.86. The van der Waals surface area contributed by atoms with E-state index in [1.807, 2.05) is 0 Å². The zero-order valence-corrected chi connectivity index (χ0v) is 12.3. The molecule has 0 amide bonds. The van der Waals surface area contributed by atoms with Crippen LogP contribution in [0.4, 0.5) is 0 Å². The number of rotatable bonds is 3. The molecule has 2 rings (SSSR count). The third-order valence-electron chi connectivity index (χ3n) is 3.34. The Bertz CT molecular complexity index is 273. The van der Waals surface area contributed by atoms with E-state index >= 15 is 0 Å². The molecule has 1 aliphatic carbocycles. The first-order valence-electron chi connectivity index (χ1n) is 5.82. The minimum Gasteiger partial charge on any atom is -0.658 e. The van der Waals surface area contributed by atoms with Crippen LogP contribution in [0, 0.1) is 5.41 Å². The second-order valence-electron chi connectivity index (χ2n) is 4.45. The van der Waals surface area contributed by atoms with E-state index in [-0.39, 0.29) is 33.9 Å². The molecule has 0 unspecified atom stereocenters. The van der Waals surface area contributed by atoms with Crippen LogP contribution >= 0.6 is 0 Å². The van der Waals surface area contributed by atoms with E-state index in [1.54, 1.807) is 0 Å². The zero-order chi connectivity index (χ0) is 12.9. The van der Waals surface area contributed by atoms with Gasteiger partial charge >= 0.3 is 0 Å². The summed E-state index contributed by atoms with van der Waals surface area (Å²) in [6.45, 7) is 1.79. The molecule has 0 aromatic heterocycles. The summed E-state index contributed by atoms with van der Waals surface area (Å²) in [6.07, 6.45) is 3.40. The molecule has 18 heavy (non-hydrogen) atoms. The van der Waals surface area contributed by atoms with Gasteiger partial charge in [0.15, 0.2) is 0 Å². The number of carbonyl (C=O) groups is 2. The molecule has 1 saturated heterocycles. The smallest absolute Gasteiger partial charge is 0.0532 e. The van der Waals surface area contributed by atoms with Crippen molar-refractivity contribution in [2.24, 2.45) is 11.1 Å². The van der Waals surface area contributed by atoms with Crippen LogP contribution in [0.3, 0.4) is 0 Å². The summed E-state index contributed by atoms with van der Waals surface area (Å²) in [7, 11) is 0. The quantitative estimate of drug-likeness (QED) is 0.520. The Kier molecular flexibility index (Phi) is 7.67. The number of carboxylic acids is 2. The van der Waals surface area contributed by atoms with Gasteiger partial charge < -0.3 is 30.9 Å². The van der Waals surface area contributed by atoms with Crippen molar-refractivity contribution in [3.63, 3.8) is 0 Å². The van der Waals surface area contributed by atoms with Gasteiger partial charge in [-0.1, -0.05) is 19.3 Å². The third kappa shape index (κ3) is 4.04. The maximum absolute atomic E-state index is 10.2. The standard InChI is InChI=1S/C6H8O4.C5H11N2.Pt/c7-4(8)6(5(9)10)2-1-3-6;6-4-5-2-1-3-7-5;/h1-3H2,(H,7,8)(H,9,10);5H,1-4,6H2;/q;-1;/p-2/t;5-;/m.0./s1. The molecule has 0 spiro atoms. The monoisotopic (exact) mass is 436 g/mol. The average molecular weight is 436 g/mol. The topological polar surface area (TPSA) is 120 Å². The fraction of sp³-hybridized carbons (Fsp3) is 0.818. The zero-order valence-electron chi connectivity index (χ0n) is 10.0. The predicted molar refractivity (Wildman–Crippen MR) is 56.6 cm³/mol. The summed E-state index contributed by atoms with van der Waals surface area (Å²) >= 11 is 0. The minimum atomic E-state index is -1.67. The van der Waals surface area contributed by atoms with Gasteiger partial charge in [0.25, 0.3) is 0 Å². The van der Waals surface area contributed by atoms with E-state index in [4.69, 9.17) is 5.73 Å². The van der Waals surface area contributed by atoms with Gasteiger partial charge in [-0.15, -0.1) is 12.6 Å². The summed E-state index contributed by atoms with van der Waals surface area (Å²) in [5, 5.41) is 24.7. The second-order valence-corrected chi connectivity index (χ2v) is 4.45. The van der Waals surface area contributed by atoms with Crippen molar-refractivity contribution in [1.29, 1.82) is 0 Å². The van der Waals surface area contributed by atoms with Crippen molar-refractivity contribution in [3.8, 4) is 0 Å². The van der Waals surface area contributed by atoms with Crippen molar-refractivity contribution in [3.05, 3.63) is 5.32 Å². The summed E-state index contributed by atoms with van der Waals surface area (Å²) < 4.78 is 0. The van der Waals surface area contributed by atoms with Crippen LogP contribution < -0.4 is 15.9 Å². The minimum absolute atomic E-state index is 0. The van der Waals surface area contributed by atoms with Crippen molar-refractivity contribution in [2.45, 2.75) is 38.1 Å². The Labute approximate surface area is 121 Å². The molecule has 2 N–H and O–H groups in total. The number of nitrogens with two attached hydrogens (primary N) is 1. The normalized spacial score (nSPS) is 23.9. The number of hydrogen-bond donors (Lipinski definition) is 1. The van der Waals surface area contributed by atoms with Crippen LogP contribution in [0.25, 0.3) is 5.32 Å². The molecule has 6 nitrogen and oxygen atoms in total. The van der Waals surface area contributed by atoms with Crippen molar-refractivity contribution in [1.82, 2.24) is 0 Å². The SMILES string of the molecule is NC[C@@H]1CCC[N-]1.O=C([O-])C1(C(=O)[O-])CCC1.[Pt]. The molecule has 0 radical (unpaired) electrons. The first kappa shape index (κ1) is 17.5. The van der Waals surface area contributed by atoms with E-state index in [9.17, 15) is 19.8 Å². The van der Waals surface area contributed by atoms with Crippen molar-refractivity contribution in [2.75, 3.05) is 13.1 Å². The molecule has 108 valence electrons. The van der Waals surface area contributed by atoms with E-state index in [2.05, 4.69) is 5.32 Å². The number of carboxylic acid groups (broad SMARTS) is 2. The second kappa shape index (κ2) is 7.87. The maximum atomic E-state index is 10.2.